The Morgan fingerprint density at radius 3 is 0.792 bits per heavy atom. The van der Waals surface area contributed by atoms with Crippen LogP contribution in [0.5, 0.6) is 0 Å². The summed E-state index contributed by atoms with van der Waals surface area (Å²) in [5.74, 6) is -8.48. The molecule has 0 aliphatic carbocycles. The third-order valence-corrected chi connectivity index (χ3v) is 16.9. The monoisotopic (exact) mass is 1900 g/mol. The Labute approximate surface area is 757 Å². The van der Waals surface area contributed by atoms with Gasteiger partial charge in [0.25, 0.3) is 0 Å². The van der Waals surface area contributed by atoms with Crippen molar-refractivity contribution in [2.75, 3.05) is 172 Å². The number of aliphatic hydroxyl groups is 12. The fourth-order valence-corrected chi connectivity index (χ4v) is 9.75. The molecular weight excluding hydrogens is 1750 g/mol. The van der Waals surface area contributed by atoms with E-state index in [1.807, 2.05) is 6.92 Å². The van der Waals surface area contributed by atoms with Crippen LogP contribution in [-0.4, -0.2) is 385 Å². The van der Waals surface area contributed by atoms with Gasteiger partial charge in [-0.2, -0.15) is 0 Å². The van der Waals surface area contributed by atoms with E-state index in [0.717, 1.165) is 6.42 Å². The summed E-state index contributed by atoms with van der Waals surface area (Å²) in [6, 6.07) is 0. The number of carboxylic acid groups (broad SMARTS) is 1. The van der Waals surface area contributed by atoms with Gasteiger partial charge in [0.2, 0.25) is 0 Å². The number of Topliss-reactive ketones (excluding diaryl/α,β-unsaturated/α-hetero) is 4. The van der Waals surface area contributed by atoms with E-state index in [1.165, 1.54) is 27.7 Å². The highest BCUT2D eigenvalue weighted by atomic mass is 17.1. The van der Waals surface area contributed by atoms with E-state index in [0.29, 0.717) is 104 Å². The molecule has 764 valence electrons. The zero-order chi connectivity index (χ0) is 98.4. The Morgan fingerprint density at radius 2 is 0.562 bits per heavy atom. The number of carboxylic acids is 1. The maximum atomic E-state index is 11.8. The Bertz CT molecular complexity index is 2900. The minimum atomic E-state index is -1.04. The van der Waals surface area contributed by atoms with E-state index < -0.39 is 65.0 Å². The van der Waals surface area contributed by atoms with Gasteiger partial charge >= 0.3 is 53.7 Å². The summed E-state index contributed by atoms with van der Waals surface area (Å²) in [6.07, 6.45) is 4.82. The first-order chi connectivity index (χ1) is 61.0. The second-order valence-corrected chi connectivity index (χ2v) is 29.7. The van der Waals surface area contributed by atoms with Gasteiger partial charge in [0.15, 0.2) is 28.9 Å². The average molecular weight is 1900 g/mol. The molecule has 0 amide bonds. The predicted octanol–water partition coefficient (Wildman–Crippen LogP) is -0.353. The van der Waals surface area contributed by atoms with E-state index in [2.05, 4.69) is 9.62 Å². The van der Waals surface area contributed by atoms with Crippen LogP contribution in [0.15, 0.2) is 0 Å². The first-order valence-electron chi connectivity index (χ1n) is 42.7. The maximum absolute atomic E-state index is 11.8. The number of aliphatic hydroxyl groups excluding tert-OH is 12. The van der Waals surface area contributed by atoms with Gasteiger partial charge in [-0.1, -0.05) is 0 Å². The van der Waals surface area contributed by atoms with E-state index in [1.54, 1.807) is 27.7 Å². The van der Waals surface area contributed by atoms with Crippen LogP contribution in [0.3, 0.4) is 0 Å². The van der Waals surface area contributed by atoms with Crippen molar-refractivity contribution in [3.8, 4) is 0 Å². The van der Waals surface area contributed by atoms with Gasteiger partial charge < -0.3 is 176 Å². The molecule has 8 atom stereocenters. The smallest absolute Gasteiger partial charge is 0.311 e. The van der Waals surface area contributed by atoms with Crippen molar-refractivity contribution in [1.29, 1.82) is 0 Å². The Morgan fingerprint density at radius 1 is 0.315 bits per heavy atom. The topological polar surface area (TPSA) is 712 Å². The lowest BCUT2D eigenvalue weighted by molar-refractivity contribution is -0.263. The number of esters is 8. The average Bonchev–Trinajstić information content (AvgIpc) is 1.82. The van der Waals surface area contributed by atoms with Crippen molar-refractivity contribution in [3.63, 3.8) is 0 Å². The number of hydrogen-bond acceptors (Lipinski definition) is 45. The van der Waals surface area contributed by atoms with Gasteiger partial charge in [0.1, 0.15) is 60.3 Å². The molecule has 16 N–H and O–H groups in total. The molecule has 130 heavy (non-hydrogen) atoms. The van der Waals surface area contributed by atoms with Gasteiger partial charge in [0.05, 0.1) is 183 Å². The lowest BCUT2D eigenvalue weighted by atomic mass is 10.1. The van der Waals surface area contributed by atoms with E-state index in [9.17, 15) is 62.3 Å². The first-order valence-corrected chi connectivity index (χ1v) is 42.7. The molecule has 5 rings (SSSR count). The molecule has 47 nitrogen and oxygen atoms in total. The number of aliphatic carboxylic acids is 1. The van der Waals surface area contributed by atoms with Crippen LogP contribution in [0.4, 0.5) is 0 Å². The van der Waals surface area contributed by atoms with Crippen LogP contribution < -0.4 is 0 Å². The molecule has 0 radical (unpaired) electrons. The second-order valence-electron chi connectivity index (χ2n) is 29.7. The number of carbonyl (C=O) groups is 13. The molecule has 0 aromatic heterocycles. The van der Waals surface area contributed by atoms with Crippen LogP contribution in [-0.2, 0) is 152 Å². The molecule has 0 aromatic carbocycles. The zero-order valence-corrected chi connectivity index (χ0v) is 76.8. The van der Waals surface area contributed by atoms with Gasteiger partial charge in [-0.3, -0.25) is 48.4 Å². The fourth-order valence-electron chi connectivity index (χ4n) is 9.75. The molecule has 5 aliphatic rings. The van der Waals surface area contributed by atoms with E-state index >= 15 is 0 Å². The molecule has 0 saturated carbocycles. The number of hydrogen-bond donors (Lipinski definition) is 14. The van der Waals surface area contributed by atoms with Gasteiger partial charge in [-0.25, -0.2) is 4.89 Å². The number of ketones is 4. The molecule has 5 saturated heterocycles. The zero-order valence-electron chi connectivity index (χ0n) is 76.8. The maximum Gasteiger partial charge on any atom is 0.311 e. The summed E-state index contributed by atoms with van der Waals surface area (Å²) in [5, 5.41) is 117. The number of rotatable bonds is 55. The Kier molecular flexibility index (Phi) is 83.5. The third kappa shape index (κ3) is 80.6. The van der Waals surface area contributed by atoms with Gasteiger partial charge in [-0.15, -0.1) is 0 Å². The summed E-state index contributed by atoms with van der Waals surface area (Å²) < 4.78 is 93.7. The van der Waals surface area contributed by atoms with Crippen LogP contribution in [0, 0.1) is 0 Å². The molecule has 0 bridgehead atoms. The first kappa shape index (κ1) is 131. The number of carbonyl (C=O) groups excluding carboxylic acids is 12. The molecule has 0 aromatic rings. The van der Waals surface area contributed by atoms with Crippen LogP contribution in [0.1, 0.15) is 223 Å². The molecule has 5 aliphatic heterocycles. The highest BCUT2D eigenvalue weighted by molar-refractivity contribution is 5.82. The molecule has 5 fully saturated rings. The minimum absolute atomic E-state index is 0. The fraction of sp³-hybridized carbons (Fsp3) is 0.843. The lowest BCUT2D eigenvalue weighted by Gasteiger charge is -2.33. The van der Waals surface area contributed by atoms with E-state index in [-0.39, 0.29) is 299 Å². The predicted molar refractivity (Wildman–Crippen MR) is 447 cm³/mol. The summed E-state index contributed by atoms with van der Waals surface area (Å²) in [6.45, 7) is 17.5. The van der Waals surface area contributed by atoms with Crippen LogP contribution in [0.2, 0.25) is 0 Å². The molecular formula is C83H150O47. The summed E-state index contributed by atoms with van der Waals surface area (Å²) in [4.78, 5) is 146. The summed E-state index contributed by atoms with van der Waals surface area (Å²) in [5.41, 5.74) is 0. The standard InChI is InChI=1S/C19H32O10.C13H20O6.C11H20O6.C11H20O5.C10H18O7.C8H14O4.C5H8O3.C3H8O3.C3H8O2.H2O/c1-18(26-12-14(10-20)28-18)6-4-16(22)24-8-3-9-25-17(23)5-7-19(2)27-13-15(11-21)29-19;1-10(14)4-6-12(16)18-8-3-9-19-13(17)7-5-11(2)15;1-11(16-8-9(7-13)17-11)4-3-10(14)15-6-2-5-12;1-11(15-8-3-9-16-11)5-4-10(13)14-7-2-6-12;1-10(5-9(12)14-4-2-3-11)15-6-8(17-10)7-16-13;1-7(10)3-4-8(11)12-6-2-5-9;1-4(6)2-3-5(7)8;4-1-3(6)2-5;4-2-1-3-5;/h14-15,20-21H,3-13H2,1-2H3;3-9H2,1-2H3;9,12-13H,2-8H2,1H3;12H,2-9H2,1H3;8,11,13H,2-7H2,1H3;9H,2-6H2,1H3;2-3H2,1H3,(H,7,8);3-6H,1-2H2;4-5H,1-3H2;1H2. The van der Waals surface area contributed by atoms with Gasteiger partial charge in [0, 0.05) is 130 Å². The van der Waals surface area contributed by atoms with Crippen molar-refractivity contribution < 1.29 is 230 Å². The quantitative estimate of drug-likeness (QED) is 0.0122. The molecule has 47 heteroatoms. The highest BCUT2D eigenvalue weighted by Crippen LogP contribution is 2.32. The molecule has 0 spiro atoms. The van der Waals surface area contributed by atoms with E-state index in [4.69, 9.17) is 152 Å². The lowest BCUT2D eigenvalue weighted by Crippen LogP contribution is -2.38. The summed E-state index contributed by atoms with van der Waals surface area (Å²) >= 11 is 0. The highest BCUT2D eigenvalue weighted by Gasteiger charge is 2.42. The van der Waals surface area contributed by atoms with Crippen LogP contribution >= 0.6 is 0 Å². The molecule has 8 unspecified atom stereocenters. The minimum Gasteiger partial charge on any atom is -0.481 e. The van der Waals surface area contributed by atoms with Crippen LogP contribution in [0.25, 0.3) is 0 Å². The van der Waals surface area contributed by atoms with Crippen molar-refractivity contribution in [2.24, 2.45) is 0 Å². The van der Waals surface area contributed by atoms with Crippen molar-refractivity contribution >= 4 is 76.9 Å². The largest absolute Gasteiger partial charge is 0.481 e. The third-order valence-electron chi connectivity index (χ3n) is 16.9. The van der Waals surface area contributed by atoms with Gasteiger partial charge in [-0.05, 0) is 75.2 Å². The van der Waals surface area contributed by atoms with Crippen molar-refractivity contribution in [3.05, 3.63) is 0 Å². The van der Waals surface area contributed by atoms with Crippen molar-refractivity contribution in [1.82, 2.24) is 0 Å². The normalized spacial score (nSPS) is 20.5. The van der Waals surface area contributed by atoms with Crippen molar-refractivity contribution in [2.45, 2.75) is 282 Å². The SMILES string of the molecule is CC(=O)CCC(=O)O.CC(=O)CCC(=O)OCCCO.CC(=O)CCC(=O)OCCCOC(=O)CCC(C)=O.CC1(CC(=O)OCCCO)OCC(COO)O1.CC1(CCC(=O)OCCCO)OCC(CO)O1.CC1(CCC(=O)OCCCO)OCCCO1.CC1(CCC(=O)OCCCOC(=O)CCC2(C)OCC(CO)O2)OCC(CO)O1.O.OCC(O)CO.OCCCO. The Balaban J connectivity index is -0.000000468. The molecule has 5 heterocycles. The number of ether oxygens (including phenoxy) is 18. The second kappa shape index (κ2) is 82.6. The summed E-state index contributed by atoms with van der Waals surface area (Å²) in [7, 11) is 0. The Hall–Kier alpha value is -7.09.